The molecule has 0 fully saturated rings. The van der Waals surface area contributed by atoms with E-state index in [4.69, 9.17) is 0 Å². The van der Waals surface area contributed by atoms with Crippen LogP contribution >= 0.6 is 11.3 Å². The summed E-state index contributed by atoms with van der Waals surface area (Å²) in [5.74, 6) is 0. The lowest BCUT2D eigenvalue weighted by Crippen LogP contribution is -2.05. The molecule has 0 spiro atoms. The summed E-state index contributed by atoms with van der Waals surface area (Å²) in [5.41, 5.74) is 0.966. The Balaban J connectivity index is 2.20. The molecule has 2 aromatic rings. The van der Waals surface area contributed by atoms with Gasteiger partial charge in [-0.05, 0) is 6.42 Å². The lowest BCUT2D eigenvalue weighted by atomic mass is 10.4. The molecule has 0 aliphatic heterocycles. The molecule has 0 radical (unpaired) electrons. The standard InChI is InChI=1S/C9H12N4OS2/c1-3-8-11-7(5-15-8)4-13-6-10-12-9(13)16(2)14/h5-6H,3-4H2,1-2H3. The van der Waals surface area contributed by atoms with Crippen LogP contribution in [0, 0.1) is 0 Å². The molecule has 86 valence electrons. The van der Waals surface area contributed by atoms with E-state index in [9.17, 15) is 4.21 Å². The zero-order chi connectivity index (χ0) is 11.5. The molecular weight excluding hydrogens is 244 g/mol. The maximum atomic E-state index is 11.3. The summed E-state index contributed by atoms with van der Waals surface area (Å²) in [6, 6.07) is 0. The third kappa shape index (κ3) is 2.35. The van der Waals surface area contributed by atoms with Gasteiger partial charge in [-0.15, -0.1) is 21.5 Å². The topological polar surface area (TPSA) is 60.7 Å². The average Bonchev–Trinajstić information content (AvgIpc) is 2.87. The van der Waals surface area contributed by atoms with Crippen molar-refractivity contribution in [2.45, 2.75) is 25.0 Å². The van der Waals surface area contributed by atoms with Crippen LogP contribution < -0.4 is 0 Å². The van der Waals surface area contributed by atoms with Gasteiger partial charge in [0.1, 0.15) is 6.33 Å². The number of aromatic nitrogens is 4. The molecule has 0 saturated carbocycles. The Morgan fingerprint density at radius 2 is 2.38 bits per heavy atom. The minimum Gasteiger partial charge on any atom is -0.300 e. The molecule has 2 rings (SSSR count). The Labute approximate surface area is 100 Å². The highest BCUT2D eigenvalue weighted by atomic mass is 32.2. The maximum Gasteiger partial charge on any atom is 0.221 e. The van der Waals surface area contributed by atoms with Crippen LogP contribution in [0.2, 0.25) is 0 Å². The molecule has 2 heterocycles. The van der Waals surface area contributed by atoms with Gasteiger partial charge in [0.05, 0.1) is 28.0 Å². The van der Waals surface area contributed by atoms with Gasteiger partial charge in [-0.1, -0.05) is 6.92 Å². The number of hydrogen-bond donors (Lipinski definition) is 0. The van der Waals surface area contributed by atoms with Gasteiger partial charge in [0.25, 0.3) is 0 Å². The van der Waals surface area contributed by atoms with Crippen LogP contribution in [-0.2, 0) is 23.8 Å². The monoisotopic (exact) mass is 256 g/mol. The average molecular weight is 256 g/mol. The Kier molecular flexibility index (Phi) is 3.45. The molecule has 1 unspecified atom stereocenters. The van der Waals surface area contributed by atoms with Crippen LogP contribution in [-0.4, -0.2) is 30.2 Å². The van der Waals surface area contributed by atoms with Gasteiger partial charge in [-0.2, -0.15) is 0 Å². The molecule has 0 amide bonds. The number of hydrogen-bond acceptors (Lipinski definition) is 5. The summed E-state index contributed by atoms with van der Waals surface area (Å²) in [6.45, 7) is 2.66. The van der Waals surface area contributed by atoms with Crippen LogP contribution in [0.15, 0.2) is 16.9 Å². The van der Waals surface area contributed by atoms with Crippen molar-refractivity contribution in [1.82, 2.24) is 19.7 Å². The summed E-state index contributed by atoms with van der Waals surface area (Å²) in [4.78, 5) is 4.45. The maximum absolute atomic E-state index is 11.3. The molecule has 16 heavy (non-hydrogen) atoms. The molecule has 0 aromatic carbocycles. The first-order valence-corrected chi connectivity index (χ1v) is 7.29. The van der Waals surface area contributed by atoms with Gasteiger partial charge in [0.2, 0.25) is 5.16 Å². The number of nitrogens with zero attached hydrogens (tertiary/aromatic N) is 4. The first-order chi connectivity index (χ1) is 7.70. The second-order valence-corrected chi connectivity index (χ2v) is 5.50. The predicted molar refractivity (Wildman–Crippen MR) is 62.9 cm³/mol. The van der Waals surface area contributed by atoms with Crippen molar-refractivity contribution in [3.05, 3.63) is 22.4 Å². The van der Waals surface area contributed by atoms with E-state index in [1.54, 1.807) is 28.5 Å². The summed E-state index contributed by atoms with van der Waals surface area (Å²) >= 11 is 1.64. The summed E-state index contributed by atoms with van der Waals surface area (Å²) in [6.07, 6.45) is 4.13. The largest absolute Gasteiger partial charge is 0.300 e. The predicted octanol–water partition coefficient (Wildman–Crippen LogP) is 1.08. The Morgan fingerprint density at radius 3 is 3.00 bits per heavy atom. The highest BCUT2D eigenvalue weighted by molar-refractivity contribution is 7.84. The molecule has 0 saturated heterocycles. The normalized spacial score (nSPS) is 12.9. The smallest absolute Gasteiger partial charge is 0.221 e. The van der Waals surface area contributed by atoms with Gasteiger partial charge in [-0.25, -0.2) is 4.98 Å². The highest BCUT2D eigenvalue weighted by Gasteiger charge is 2.09. The number of aryl methyl sites for hydroxylation is 1. The second kappa shape index (κ2) is 4.84. The van der Waals surface area contributed by atoms with Crippen molar-refractivity contribution in [1.29, 1.82) is 0 Å². The van der Waals surface area contributed by atoms with E-state index in [-0.39, 0.29) is 0 Å². The van der Waals surface area contributed by atoms with Gasteiger partial charge in [-0.3, -0.25) is 4.21 Å². The van der Waals surface area contributed by atoms with E-state index in [1.807, 2.05) is 5.38 Å². The fourth-order valence-electron chi connectivity index (χ4n) is 1.33. The van der Waals surface area contributed by atoms with E-state index >= 15 is 0 Å². The van der Waals surface area contributed by atoms with Gasteiger partial charge < -0.3 is 4.57 Å². The van der Waals surface area contributed by atoms with E-state index in [2.05, 4.69) is 22.1 Å². The SMILES string of the molecule is CCc1nc(Cn2cnnc2S(C)=O)cs1. The van der Waals surface area contributed by atoms with Crippen molar-refractivity contribution in [3.63, 3.8) is 0 Å². The van der Waals surface area contributed by atoms with E-state index in [0.717, 1.165) is 17.1 Å². The molecule has 7 heteroatoms. The van der Waals surface area contributed by atoms with Crippen molar-refractivity contribution in [2.75, 3.05) is 6.26 Å². The Hall–Kier alpha value is -1.08. The fourth-order valence-corrected chi connectivity index (χ4v) is 2.67. The van der Waals surface area contributed by atoms with Crippen LogP contribution in [0.4, 0.5) is 0 Å². The van der Waals surface area contributed by atoms with Crippen molar-refractivity contribution >= 4 is 22.1 Å². The van der Waals surface area contributed by atoms with Crippen molar-refractivity contribution in [2.24, 2.45) is 0 Å². The van der Waals surface area contributed by atoms with Crippen LogP contribution in [0.25, 0.3) is 0 Å². The van der Waals surface area contributed by atoms with Crippen LogP contribution in [0.3, 0.4) is 0 Å². The minimum absolute atomic E-state index is 0.492. The van der Waals surface area contributed by atoms with Crippen LogP contribution in [0.1, 0.15) is 17.6 Å². The zero-order valence-electron chi connectivity index (χ0n) is 9.08. The number of rotatable bonds is 4. The molecular formula is C9H12N4OS2. The van der Waals surface area contributed by atoms with E-state index in [1.165, 1.54) is 0 Å². The first kappa shape index (κ1) is 11.4. The summed E-state index contributed by atoms with van der Waals surface area (Å²) < 4.78 is 13.1. The van der Waals surface area contributed by atoms with Crippen molar-refractivity contribution < 1.29 is 4.21 Å². The minimum atomic E-state index is -1.11. The van der Waals surface area contributed by atoms with E-state index in [0.29, 0.717) is 11.7 Å². The van der Waals surface area contributed by atoms with E-state index < -0.39 is 10.8 Å². The lowest BCUT2D eigenvalue weighted by Gasteiger charge is -2.01. The van der Waals surface area contributed by atoms with Crippen molar-refractivity contribution in [3.8, 4) is 0 Å². The molecule has 0 bridgehead atoms. The van der Waals surface area contributed by atoms with Crippen LogP contribution in [0.5, 0.6) is 0 Å². The fraction of sp³-hybridized carbons (Fsp3) is 0.444. The third-order valence-corrected chi connectivity index (χ3v) is 3.94. The summed E-state index contributed by atoms with van der Waals surface area (Å²) in [7, 11) is -1.11. The molecule has 0 aliphatic carbocycles. The van der Waals surface area contributed by atoms with Gasteiger partial charge in [0.15, 0.2) is 0 Å². The summed E-state index contributed by atoms with van der Waals surface area (Å²) in [5, 5.41) is 11.2. The zero-order valence-corrected chi connectivity index (χ0v) is 10.7. The molecule has 0 aliphatic rings. The number of thiazole rings is 1. The third-order valence-electron chi connectivity index (χ3n) is 2.07. The quantitative estimate of drug-likeness (QED) is 0.821. The second-order valence-electron chi connectivity index (χ2n) is 3.28. The first-order valence-electron chi connectivity index (χ1n) is 4.85. The Morgan fingerprint density at radius 1 is 1.56 bits per heavy atom. The Bertz CT molecular complexity index is 505. The molecule has 1 atom stereocenters. The van der Waals surface area contributed by atoms with Gasteiger partial charge >= 0.3 is 0 Å². The lowest BCUT2D eigenvalue weighted by molar-refractivity contribution is 0.649. The molecule has 5 nitrogen and oxygen atoms in total. The molecule has 0 N–H and O–H groups in total. The molecule has 2 aromatic heterocycles. The van der Waals surface area contributed by atoms with Gasteiger partial charge in [0, 0.05) is 11.6 Å². The highest BCUT2D eigenvalue weighted by Crippen LogP contribution is 2.12.